The zero-order valence-corrected chi connectivity index (χ0v) is 15.7. The number of benzene rings is 4. The van der Waals surface area contributed by atoms with Crippen LogP contribution in [0.3, 0.4) is 0 Å². The maximum Gasteiger partial charge on any atom is 0.0423 e. The Morgan fingerprint density at radius 3 is 1.56 bits per heavy atom. The van der Waals surface area contributed by atoms with E-state index in [4.69, 9.17) is 0 Å². The van der Waals surface area contributed by atoms with E-state index in [0.29, 0.717) is 0 Å². The number of aryl methyl sites for hydroxylation is 1. The van der Waals surface area contributed by atoms with E-state index in [2.05, 4.69) is 109 Å². The summed E-state index contributed by atoms with van der Waals surface area (Å²) in [5.41, 5.74) is 9.88. The fourth-order valence-corrected chi connectivity index (χ4v) is 3.57. The fraction of sp³-hybridized carbons (Fsp3) is 0.0769. The van der Waals surface area contributed by atoms with Crippen LogP contribution < -0.4 is 5.32 Å². The Kier molecular flexibility index (Phi) is 4.76. The lowest BCUT2D eigenvalue weighted by Gasteiger charge is -2.15. The van der Waals surface area contributed by atoms with E-state index in [9.17, 15) is 0 Å². The summed E-state index contributed by atoms with van der Waals surface area (Å²) < 4.78 is 0. The first-order valence-electron chi connectivity index (χ1n) is 9.30. The van der Waals surface area contributed by atoms with Crippen molar-refractivity contribution in [2.75, 3.05) is 12.4 Å². The molecule has 0 aromatic heterocycles. The molecule has 1 nitrogen and oxygen atoms in total. The monoisotopic (exact) mass is 349 g/mol. The average Bonchev–Trinajstić information content (AvgIpc) is 2.74. The summed E-state index contributed by atoms with van der Waals surface area (Å²) in [6.07, 6.45) is 0. The van der Waals surface area contributed by atoms with Gasteiger partial charge in [0, 0.05) is 18.3 Å². The van der Waals surface area contributed by atoms with Gasteiger partial charge in [0.05, 0.1) is 0 Å². The molecule has 1 heteroatoms. The van der Waals surface area contributed by atoms with E-state index in [-0.39, 0.29) is 0 Å². The third-order valence-corrected chi connectivity index (χ3v) is 5.02. The van der Waals surface area contributed by atoms with Crippen LogP contribution in [0.2, 0.25) is 0 Å². The molecule has 0 heterocycles. The van der Waals surface area contributed by atoms with Gasteiger partial charge in [-0.2, -0.15) is 0 Å². The highest BCUT2D eigenvalue weighted by Gasteiger charge is 2.10. The number of nitrogens with one attached hydrogen (secondary N) is 1. The van der Waals surface area contributed by atoms with Crippen molar-refractivity contribution in [1.29, 1.82) is 0 Å². The Hall–Kier alpha value is -3.32. The quantitative estimate of drug-likeness (QED) is 0.417. The van der Waals surface area contributed by atoms with Gasteiger partial charge in [-0.1, -0.05) is 91.0 Å². The van der Waals surface area contributed by atoms with E-state index < -0.39 is 0 Å². The van der Waals surface area contributed by atoms with Crippen LogP contribution in [-0.2, 0) is 0 Å². The highest BCUT2D eigenvalue weighted by Crippen LogP contribution is 2.35. The Morgan fingerprint density at radius 2 is 1.04 bits per heavy atom. The van der Waals surface area contributed by atoms with Gasteiger partial charge in [0.25, 0.3) is 0 Å². The molecule has 132 valence electrons. The van der Waals surface area contributed by atoms with Crippen molar-refractivity contribution >= 4 is 5.69 Å². The van der Waals surface area contributed by atoms with Crippen LogP contribution in [0.25, 0.3) is 33.4 Å². The zero-order valence-electron chi connectivity index (χ0n) is 15.7. The van der Waals surface area contributed by atoms with Crippen molar-refractivity contribution in [2.24, 2.45) is 0 Å². The van der Waals surface area contributed by atoms with Gasteiger partial charge in [0.1, 0.15) is 0 Å². The predicted octanol–water partition coefficient (Wildman–Crippen LogP) is 7.04. The summed E-state index contributed by atoms with van der Waals surface area (Å²) in [5, 5.41) is 3.38. The molecular formula is C26H23N. The second-order valence-corrected chi connectivity index (χ2v) is 6.77. The summed E-state index contributed by atoms with van der Waals surface area (Å²) in [7, 11) is 1.99. The first-order valence-corrected chi connectivity index (χ1v) is 9.30. The zero-order chi connectivity index (χ0) is 18.6. The van der Waals surface area contributed by atoms with Gasteiger partial charge in [-0.15, -0.1) is 0 Å². The molecule has 4 aromatic rings. The lowest BCUT2D eigenvalue weighted by Crippen LogP contribution is -1.94. The average molecular weight is 349 g/mol. The minimum absolute atomic E-state index is 1.15. The SMILES string of the molecule is CNc1cc(-c2ccccc2)ccc1-c1ccc(-c2ccccc2)cc1C. The van der Waals surface area contributed by atoms with Gasteiger partial charge >= 0.3 is 0 Å². The summed E-state index contributed by atoms with van der Waals surface area (Å²) in [6, 6.07) is 34.4. The normalized spacial score (nSPS) is 10.6. The molecule has 0 bridgehead atoms. The molecule has 27 heavy (non-hydrogen) atoms. The minimum atomic E-state index is 1.15. The molecule has 4 aromatic carbocycles. The van der Waals surface area contributed by atoms with Crippen LogP contribution in [-0.4, -0.2) is 7.05 Å². The lowest BCUT2D eigenvalue weighted by molar-refractivity contribution is 1.43. The van der Waals surface area contributed by atoms with Crippen LogP contribution in [0.15, 0.2) is 97.1 Å². The highest BCUT2D eigenvalue weighted by atomic mass is 14.8. The predicted molar refractivity (Wildman–Crippen MR) is 117 cm³/mol. The summed E-state index contributed by atoms with van der Waals surface area (Å²) in [5.74, 6) is 0. The van der Waals surface area contributed by atoms with Crippen LogP contribution in [0.5, 0.6) is 0 Å². The minimum Gasteiger partial charge on any atom is -0.388 e. The number of anilines is 1. The summed E-state index contributed by atoms with van der Waals surface area (Å²) >= 11 is 0. The molecule has 0 radical (unpaired) electrons. The van der Waals surface area contributed by atoms with Crippen LogP contribution in [0.1, 0.15) is 5.56 Å². The Balaban J connectivity index is 1.75. The number of rotatable bonds is 4. The van der Waals surface area contributed by atoms with E-state index in [1.807, 2.05) is 7.05 Å². The summed E-state index contributed by atoms with van der Waals surface area (Å²) in [4.78, 5) is 0. The number of hydrogen-bond donors (Lipinski definition) is 1. The Bertz CT molecular complexity index is 1050. The Morgan fingerprint density at radius 1 is 0.519 bits per heavy atom. The van der Waals surface area contributed by atoms with Gasteiger partial charge in [0.15, 0.2) is 0 Å². The van der Waals surface area contributed by atoms with Gasteiger partial charge in [-0.3, -0.25) is 0 Å². The standard InChI is InChI=1S/C26H23N/c1-19-17-22(20-9-5-3-6-10-20)13-15-24(19)25-16-14-23(18-26(25)27-2)21-11-7-4-8-12-21/h3-18,27H,1-2H3. The molecule has 0 atom stereocenters. The van der Waals surface area contributed by atoms with Crippen molar-refractivity contribution in [3.8, 4) is 33.4 Å². The van der Waals surface area contributed by atoms with E-state index >= 15 is 0 Å². The second-order valence-electron chi connectivity index (χ2n) is 6.77. The van der Waals surface area contributed by atoms with Gasteiger partial charge in [0.2, 0.25) is 0 Å². The highest BCUT2D eigenvalue weighted by molar-refractivity contribution is 5.85. The van der Waals surface area contributed by atoms with Gasteiger partial charge in [-0.05, 0) is 46.4 Å². The van der Waals surface area contributed by atoms with E-state index in [0.717, 1.165) is 5.69 Å². The molecule has 1 N–H and O–H groups in total. The van der Waals surface area contributed by atoms with Crippen LogP contribution in [0.4, 0.5) is 5.69 Å². The largest absolute Gasteiger partial charge is 0.388 e. The maximum atomic E-state index is 3.38. The van der Waals surface area contributed by atoms with Crippen molar-refractivity contribution in [2.45, 2.75) is 6.92 Å². The second kappa shape index (κ2) is 7.51. The molecule has 0 amide bonds. The van der Waals surface area contributed by atoms with Gasteiger partial charge in [-0.25, -0.2) is 0 Å². The molecule has 0 unspecified atom stereocenters. The van der Waals surface area contributed by atoms with Crippen molar-refractivity contribution in [3.05, 3.63) is 103 Å². The van der Waals surface area contributed by atoms with Crippen LogP contribution >= 0.6 is 0 Å². The topological polar surface area (TPSA) is 12.0 Å². The maximum absolute atomic E-state index is 3.38. The molecule has 0 fully saturated rings. The molecule has 0 spiro atoms. The number of hydrogen-bond acceptors (Lipinski definition) is 1. The van der Waals surface area contributed by atoms with E-state index in [1.165, 1.54) is 38.9 Å². The summed E-state index contributed by atoms with van der Waals surface area (Å²) in [6.45, 7) is 2.19. The fourth-order valence-electron chi connectivity index (χ4n) is 3.57. The molecule has 0 aliphatic carbocycles. The van der Waals surface area contributed by atoms with Crippen molar-refractivity contribution < 1.29 is 0 Å². The molecule has 0 saturated carbocycles. The smallest absolute Gasteiger partial charge is 0.0423 e. The van der Waals surface area contributed by atoms with Crippen molar-refractivity contribution in [1.82, 2.24) is 0 Å². The first-order chi connectivity index (χ1) is 13.3. The van der Waals surface area contributed by atoms with Crippen molar-refractivity contribution in [3.63, 3.8) is 0 Å². The van der Waals surface area contributed by atoms with E-state index in [1.54, 1.807) is 0 Å². The molecule has 4 rings (SSSR count). The first kappa shape index (κ1) is 17.1. The van der Waals surface area contributed by atoms with Crippen LogP contribution in [0, 0.1) is 6.92 Å². The molecular weight excluding hydrogens is 326 g/mol. The Labute approximate surface area is 161 Å². The van der Waals surface area contributed by atoms with Gasteiger partial charge < -0.3 is 5.32 Å². The third-order valence-electron chi connectivity index (χ3n) is 5.02. The molecule has 0 aliphatic rings. The lowest BCUT2D eigenvalue weighted by atomic mass is 9.93. The molecule has 0 aliphatic heterocycles. The third kappa shape index (κ3) is 3.50. The molecule has 0 saturated heterocycles.